The summed E-state index contributed by atoms with van der Waals surface area (Å²) in [6, 6.07) is 3.89. The molecule has 1 saturated carbocycles. The van der Waals surface area contributed by atoms with Crippen molar-refractivity contribution in [3.05, 3.63) is 24.0 Å². The van der Waals surface area contributed by atoms with Crippen LogP contribution in [0.15, 0.2) is 18.3 Å². The Balaban J connectivity index is 1.92. The van der Waals surface area contributed by atoms with Gasteiger partial charge in [0, 0.05) is 32.3 Å². The van der Waals surface area contributed by atoms with Crippen LogP contribution in [0.1, 0.15) is 36.2 Å². The third kappa shape index (κ3) is 2.33. The van der Waals surface area contributed by atoms with Crippen LogP contribution >= 0.6 is 0 Å². The average Bonchev–Trinajstić information content (AvgIpc) is 3.07. The molecule has 106 valence electrons. The van der Waals surface area contributed by atoms with E-state index in [1.807, 2.05) is 19.0 Å². The topological polar surface area (TPSA) is 62.5 Å². The highest BCUT2D eigenvalue weighted by Crippen LogP contribution is 2.19. The Kier molecular flexibility index (Phi) is 3.30. The molecule has 1 aliphatic rings. The first kappa shape index (κ1) is 12.9. The van der Waals surface area contributed by atoms with Crippen molar-refractivity contribution in [1.29, 1.82) is 0 Å². The second kappa shape index (κ2) is 5.11. The van der Waals surface area contributed by atoms with E-state index in [0.29, 0.717) is 17.4 Å². The molecule has 1 amide bonds. The number of hydrogen-bond acceptors (Lipinski definition) is 4. The van der Waals surface area contributed by atoms with Gasteiger partial charge in [-0.3, -0.25) is 4.79 Å². The Morgan fingerprint density at radius 1 is 1.40 bits per heavy atom. The van der Waals surface area contributed by atoms with Crippen LogP contribution in [0.25, 0.3) is 5.65 Å². The van der Waals surface area contributed by atoms with Crippen LogP contribution in [0.3, 0.4) is 0 Å². The zero-order valence-electron chi connectivity index (χ0n) is 11.8. The highest BCUT2D eigenvalue weighted by atomic mass is 16.1. The molecule has 2 aromatic rings. The Hall–Kier alpha value is -2.11. The molecule has 20 heavy (non-hydrogen) atoms. The van der Waals surface area contributed by atoms with Crippen LogP contribution in [0, 0.1) is 0 Å². The number of carbonyl (C=O) groups excluding carboxylic acids is 1. The van der Waals surface area contributed by atoms with Gasteiger partial charge in [0.1, 0.15) is 11.5 Å². The summed E-state index contributed by atoms with van der Waals surface area (Å²) < 4.78 is 1.73. The summed E-state index contributed by atoms with van der Waals surface area (Å²) in [6.45, 7) is 0. The summed E-state index contributed by atoms with van der Waals surface area (Å²) in [4.78, 5) is 18.6. The van der Waals surface area contributed by atoms with E-state index in [2.05, 4.69) is 15.4 Å². The fraction of sp³-hybridized carbons (Fsp3) is 0.500. The van der Waals surface area contributed by atoms with Gasteiger partial charge in [-0.2, -0.15) is 9.61 Å². The number of nitrogens with zero attached hydrogens (tertiary/aromatic N) is 4. The van der Waals surface area contributed by atoms with E-state index < -0.39 is 0 Å². The lowest BCUT2D eigenvalue weighted by atomic mass is 10.2. The van der Waals surface area contributed by atoms with E-state index in [4.69, 9.17) is 0 Å². The number of nitrogens with one attached hydrogen (secondary N) is 1. The predicted octanol–water partition coefficient (Wildman–Crippen LogP) is 1.47. The minimum atomic E-state index is -0.0938. The van der Waals surface area contributed by atoms with Gasteiger partial charge >= 0.3 is 0 Å². The largest absolute Gasteiger partial charge is 0.363 e. The number of aromatic nitrogens is 3. The molecule has 1 fully saturated rings. The molecule has 1 aliphatic carbocycles. The first-order valence-corrected chi connectivity index (χ1v) is 6.98. The van der Waals surface area contributed by atoms with Gasteiger partial charge in [-0.25, -0.2) is 4.98 Å². The normalized spacial score (nSPS) is 15.7. The first-order chi connectivity index (χ1) is 9.65. The van der Waals surface area contributed by atoms with Crippen molar-refractivity contribution in [1.82, 2.24) is 19.9 Å². The van der Waals surface area contributed by atoms with Crippen LogP contribution in [-0.4, -0.2) is 40.6 Å². The van der Waals surface area contributed by atoms with Crippen molar-refractivity contribution in [2.45, 2.75) is 31.7 Å². The Bertz CT molecular complexity index is 628. The number of amides is 1. The number of fused-ring (bicyclic) bond motifs is 1. The van der Waals surface area contributed by atoms with Crippen LogP contribution in [0.5, 0.6) is 0 Å². The molecular weight excluding hydrogens is 254 g/mol. The number of hydrogen-bond donors (Lipinski definition) is 1. The smallest absolute Gasteiger partial charge is 0.270 e. The molecule has 0 spiro atoms. The molecule has 0 saturated heterocycles. The highest BCUT2D eigenvalue weighted by Gasteiger charge is 2.20. The third-order valence-electron chi connectivity index (χ3n) is 3.72. The van der Waals surface area contributed by atoms with Gasteiger partial charge in [0.2, 0.25) is 0 Å². The van der Waals surface area contributed by atoms with Crippen molar-refractivity contribution >= 4 is 17.4 Å². The Labute approximate surface area is 117 Å². The fourth-order valence-corrected chi connectivity index (χ4v) is 2.66. The predicted molar refractivity (Wildman–Crippen MR) is 77.0 cm³/mol. The number of rotatable bonds is 3. The zero-order chi connectivity index (χ0) is 14.1. The third-order valence-corrected chi connectivity index (χ3v) is 3.72. The highest BCUT2D eigenvalue weighted by molar-refractivity contribution is 5.93. The van der Waals surface area contributed by atoms with Gasteiger partial charge in [-0.1, -0.05) is 12.8 Å². The van der Waals surface area contributed by atoms with Gasteiger partial charge in [0.05, 0.1) is 6.20 Å². The van der Waals surface area contributed by atoms with Crippen LogP contribution in [-0.2, 0) is 0 Å². The van der Waals surface area contributed by atoms with Crippen molar-refractivity contribution < 1.29 is 4.79 Å². The Morgan fingerprint density at radius 3 is 2.85 bits per heavy atom. The second-order valence-electron chi connectivity index (χ2n) is 5.45. The van der Waals surface area contributed by atoms with Gasteiger partial charge in [-0.05, 0) is 12.8 Å². The molecule has 6 nitrogen and oxygen atoms in total. The number of carbonyl (C=O) groups is 1. The molecule has 2 aromatic heterocycles. The van der Waals surface area contributed by atoms with E-state index in [-0.39, 0.29) is 5.91 Å². The summed E-state index contributed by atoms with van der Waals surface area (Å²) in [6.07, 6.45) is 6.22. The molecule has 3 rings (SSSR count). The standard InChI is InChI=1S/C14H19N5O/c1-18(2)13-9-11(17-12-7-8-15-19(12)13)14(20)16-10-5-3-4-6-10/h7-10H,3-6H2,1-2H3,(H,16,20). The lowest BCUT2D eigenvalue weighted by Gasteiger charge is -2.16. The zero-order valence-corrected chi connectivity index (χ0v) is 11.8. The molecule has 0 aliphatic heterocycles. The van der Waals surface area contributed by atoms with Crippen molar-refractivity contribution in [2.24, 2.45) is 0 Å². The molecule has 2 heterocycles. The molecule has 0 bridgehead atoms. The van der Waals surface area contributed by atoms with E-state index in [9.17, 15) is 4.79 Å². The van der Waals surface area contributed by atoms with Gasteiger partial charge in [0.25, 0.3) is 5.91 Å². The summed E-state index contributed by atoms with van der Waals surface area (Å²) >= 11 is 0. The van der Waals surface area contributed by atoms with E-state index in [1.165, 1.54) is 12.8 Å². The molecular formula is C14H19N5O. The molecule has 6 heteroatoms. The van der Waals surface area contributed by atoms with Crippen molar-refractivity contribution in [2.75, 3.05) is 19.0 Å². The molecule has 1 N–H and O–H groups in total. The lowest BCUT2D eigenvalue weighted by Crippen LogP contribution is -2.33. The SMILES string of the molecule is CN(C)c1cc(C(=O)NC2CCCC2)nc2ccnn12. The van der Waals surface area contributed by atoms with Crippen molar-refractivity contribution in [3.8, 4) is 0 Å². The number of anilines is 1. The van der Waals surface area contributed by atoms with Crippen LogP contribution in [0.2, 0.25) is 0 Å². The molecule has 0 atom stereocenters. The first-order valence-electron chi connectivity index (χ1n) is 6.98. The van der Waals surface area contributed by atoms with Crippen LogP contribution < -0.4 is 10.2 Å². The van der Waals surface area contributed by atoms with Gasteiger partial charge in [-0.15, -0.1) is 0 Å². The van der Waals surface area contributed by atoms with Crippen LogP contribution in [0.4, 0.5) is 5.82 Å². The summed E-state index contributed by atoms with van der Waals surface area (Å²) in [7, 11) is 3.85. The molecule has 0 unspecified atom stereocenters. The minimum Gasteiger partial charge on any atom is -0.363 e. The molecule has 0 aromatic carbocycles. The summed E-state index contributed by atoms with van der Waals surface area (Å²) in [5, 5.41) is 7.29. The maximum atomic E-state index is 12.3. The summed E-state index contributed by atoms with van der Waals surface area (Å²) in [5.74, 6) is 0.750. The maximum absolute atomic E-state index is 12.3. The Morgan fingerprint density at radius 2 is 2.15 bits per heavy atom. The monoisotopic (exact) mass is 273 g/mol. The van der Waals surface area contributed by atoms with Crippen molar-refractivity contribution in [3.63, 3.8) is 0 Å². The van der Waals surface area contributed by atoms with Gasteiger partial charge in [0.15, 0.2) is 5.65 Å². The maximum Gasteiger partial charge on any atom is 0.270 e. The van der Waals surface area contributed by atoms with E-state index >= 15 is 0 Å². The quantitative estimate of drug-likeness (QED) is 0.920. The summed E-state index contributed by atoms with van der Waals surface area (Å²) in [5.41, 5.74) is 1.14. The van der Waals surface area contributed by atoms with Gasteiger partial charge < -0.3 is 10.2 Å². The van der Waals surface area contributed by atoms with E-state index in [1.54, 1.807) is 22.8 Å². The fourth-order valence-electron chi connectivity index (χ4n) is 2.66. The lowest BCUT2D eigenvalue weighted by molar-refractivity contribution is 0.0933. The molecule has 0 radical (unpaired) electrons. The average molecular weight is 273 g/mol. The van der Waals surface area contributed by atoms with E-state index in [0.717, 1.165) is 18.7 Å². The minimum absolute atomic E-state index is 0.0938. The second-order valence-corrected chi connectivity index (χ2v) is 5.45.